The summed E-state index contributed by atoms with van der Waals surface area (Å²) in [4.78, 5) is 2.92. The van der Waals surface area contributed by atoms with E-state index in [1.165, 1.54) is 24.3 Å². The summed E-state index contributed by atoms with van der Waals surface area (Å²) < 4.78 is 22.6. The fourth-order valence-corrected chi connectivity index (χ4v) is 3.32. The molecule has 0 saturated carbocycles. The van der Waals surface area contributed by atoms with Crippen molar-refractivity contribution in [1.29, 1.82) is 0 Å². The van der Waals surface area contributed by atoms with Crippen molar-refractivity contribution < 1.29 is 13.5 Å². The van der Waals surface area contributed by atoms with Gasteiger partial charge in [0.05, 0.1) is 16.1 Å². The zero-order valence-corrected chi connectivity index (χ0v) is 15.3. The normalized spacial score (nSPS) is 12.5. The molecule has 0 saturated heterocycles. The number of azo groups is 1. The molecule has 8 heteroatoms. The van der Waals surface area contributed by atoms with Crippen molar-refractivity contribution >= 4 is 32.3 Å². The highest BCUT2D eigenvalue weighted by Crippen LogP contribution is 2.39. The average Bonchev–Trinajstić information content (AvgIpc) is 2.88. The van der Waals surface area contributed by atoms with Crippen LogP contribution in [0.3, 0.4) is 0 Å². The summed E-state index contributed by atoms with van der Waals surface area (Å²) in [6.45, 7) is 4.25. The number of aromatic nitrogens is 1. The molecule has 0 amide bonds. The summed E-state index contributed by atoms with van der Waals surface area (Å²) in [6, 6.07) is 11.6. The van der Waals surface area contributed by atoms with Gasteiger partial charge in [-0.15, -0.1) is 5.11 Å². The molecule has 0 fully saturated rings. The Hall–Kier alpha value is -2.71. The molecule has 0 aliphatic heterocycles. The van der Waals surface area contributed by atoms with Crippen molar-refractivity contribution in [2.24, 2.45) is 21.3 Å². The highest BCUT2D eigenvalue weighted by atomic mass is 32.2. The van der Waals surface area contributed by atoms with Crippen molar-refractivity contribution in [3.63, 3.8) is 0 Å². The molecule has 1 aromatic heterocycles. The third kappa shape index (κ3) is 3.76. The average molecular weight is 372 g/mol. The van der Waals surface area contributed by atoms with Crippen molar-refractivity contribution in [1.82, 2.24) is 4.98 Å². The quantitative estimate of drug-likeness (QED) is 0.584. The molecule has 3 aromatic rings. The molecule has 0 spiro atoms. The van der Waals surface area contributed by atoms with Crippen LogP contribution in [-0.4, -0.2) is 18.5 Å². The number of H-pyrrole nitrogens is 1. The summed E-state index contributed by atoms with van der Waals surface area (Å²) in [5, 5.41) is 24.4. The fourth-order valence-electron chi connectivity index (χ4n) is 2.81. The highest BCUT2D eigenvalue weighted by molar-refractivity contribution is 7.89. The number of nitrogens with two attached hydrogens (primary N) is 1. The molecule has 1 heterocycles. The monoisotopic (exact) mass is 372 g/mol. The summed E-state index contributed by atoms with van der Waals surface area (Å²) in [6.07, 6.45) is 0.847. The van der Waals surface area contributed by atoms with Crippen LogP contribution in [0.25, 0.3) is 10.9 Å². The molecule has 0 aliphatic rings. The van der Waals surface area contributed by atoms with E-state index in [4.69, 9.17) is 5.14 Å². The lowest BCUT2D eigenvalue weighted by molar-refractivity contribution is 0.459. The van der Waals surface area contributed by atoms with E-state index in [1.54, 1.807) is 0 Å². The first kappa shape index (κ1) is 18.1. The highest BCUT2D eigenvalue weighted by Gasteiger charge is 2.15. The van der Waals surface area contributed by atoms with Crippen LogP contribution in [0.5, 0.6) is 5.88 Å². The Balaban J connectivity index is 2.00. The molecule has 3 rings (SSSR count). The summed E-state index contributed by atoms with van der Waals surface area (Å²) in [7, 11) is -3.75. The zero-order valence-electron chi connectivity index (χ0n) is 14.5. The number of sulfonamides is 1. The molecular weight excluding hydrogens is 352 g/mol. The van der Waals surface area contributed by atoms with Gasteiger partial charge in [0, 0.05) is 5.39 Å². The van der Waals surface area contributed by atoms with Gasteiger partial charge in [-0.2, -0.15) is 5.11 Å². The molecule has 0 aliphatic carbocycles. The zero-order chi connectivity index (χ0) is 18.9. The predicted molar refractivity (Wildman–Crippen MR) is 100 cm³/mol. The van der Waals surface area contributed by atoms with Gasteiger partial charge in [-0.1, -0.05) is 26.0 Å². The Kier molecular flexibility index (Phi) is 4.80. The number of hydrogen-bond acceptors (Lipinski definition) is 5. The van der Waals surface area contributed by atoms with Crippen LogP contribution < -0.4 is 5.14 Å². The predicted octanol–water partition coefficient (Wildman–Crippen LogP) is 4.13. The molecule has 0 bridgehead atoms. The Morgan fingerprint density at radius 2 is 1.81 bits per heavy atom. The van der Waals surface area contributed by atoms with E-state index < -0.39 is 10.0 Å². The van der Waals surface area contributed by atoms with E-state index in [1.807, 2.05) is 18.2 Å². The SMILES string of the molecule is CC(C)Cc1cccc2[nH]c(O)c(N=Nc3ccc(S(N)(=O)=O)cc3)c12. The fraction of sp³-hybridized carbons (Fsp3) is 0.222. The largest absolute Gasteiger partial charge is 0.493 e. The number of rotatable bonds is 5. The molecule has 136 valence electrons. The Morgan fingerprint density at radius 3 is 2.42 bits per heavy atom. The van der Waals surface area contributed by atoms with Crippen molar-refractivity contribution in [3.05, 3.63) is 48.0 Å². The molecule has 0 unspecified atom stereocenters. The number of nitrogens with zero attached hydrogens (tertiary/aromatic N) is 2. The number of aromatic hydroxyl groups is 1. The molecule has 4 N–H and O–H groups in total. The second-order valence-electron chi connectivity index (χ2n) is 6.50. The Labute approximate surface area is 151 Å². The molecule has 2 aromatic carbocycles. The van der Waals surface area contributed by atoms with Crippen molar-refractivity contribution in [3.8, 4) is 5.88 Å². The maximum absolute atomic E-state index is 11.3. The van der Waals surface area contributed by atoms with Gasteiger partial charge in [0.2, 0.25) is 15.9 Å². The third-order valence-electron chi connectivity index (χ3n) is 3.92. The number of benzene rings is 2. The Bertz CT molecular complexity index is 1070. The van der Waals surface area contributed by atoms with Crippen LogP contribution in [0.1, 0.15) is 19.4 Å². The van der Waals surface area contributed by atoms with Crippen LogP contribution in [-0.2, 0) is 16.4 Å². The molecule has 0 atom stereocenters. The minimum Gasteiger partial charge on any atom is -0.493 e. The van der Waals surface area contributed by atoms with Gasteiger partial charge >= 0.3 is 0 Å². The van der Waals surface area contributed by atoms with Crippen LogP contribution in [0.2, 0.25) is 0 Å². The number of primary sulfonamides is 1. The van der Waals surface area contributed by atoms with Gasteiger partial charge in [0.15, 0.2) is 5.69 Å². The van der Waals surface area contributed by atoms with Gasteiger partial charge < -0.3 is 10.1 Å². The molecule has 26 heavy (non-hydrogen) atoms. The van der Waals surface area contributed by atoms with Crippen LogP contribution in [0.4, 0.5) is 11.4 Å². The molecule has 7 nitrogen and oxygen atoms in total. The van der Waals surface area contributed by atoms with E-state index in [0.29, 0.717) is 17.3 Å². The first-order valence-electron chi connectivity index (χ1n) is 8.13. The van der Waals surface area contributed by atoms with E-state index in [9.17, 15) is 13.5 Å². The standard InChI is InChI=1S/C18H20N4O3S/c1-11(2)10-12-4-3-5-15-16(12)17(18(23)20-15)22-21-13-6-8-14(9-7-13)26(19,24)25/h3-9,11,20,23H,10H2,1-2H3,(H2,19,24,25). The van der Waals surface area contributed by atoms with Gasteiger partial charge in [-0.25, -0.2) is 13.6 Å². The van der Waals surface area contributed by atoms with Gasteiger partial charge in [-0.3, -0.25) is 0 Å². The van der Waals surface area contributed by atoms with Gasteiger partial charge in [-0.05, 0) is 48.2 Å². The van der Waals surface area contributed by atoms with Gasteiger partial charge in [0.1, 0.15) is 0 Å². The summed E-state index contributed by atoms with van der Waals surface area (Å²) in [5.74, 6) is 0.397. The van der Waals surface area contributed by atoms with Crippen molar-refractivity contribution in [2.45, 2.75) is 25.2 Å². The van der Waals surface area contributed by atoms with Crippen LogP contribution in [0.15, 0.2) is 57.6 Å². The lowest BCUT2D eigenvalue weighted by atomic mass is 9.99. The second kappa shape index (κ2) is 6.89. The number of fused-ring (bicyclic) bond motifs is 1. The first-order chi connectivity index (χ1) is 12.3. The molecule has 0 radical (unpaired) electrons. The first-order valence-corrected chi connectivity index (χ1v) is 9.67. The second-order valence-corrected chi connectivity index (χ2v) is 8.06. The number of nitrogens with one attached hydrogen (secondary N) is 1. The smallest absolute Gasteiger partial charge is 0.238 e. The van der Waals surface area contributed by atoms with E-state index >= 15 is 0 Å². The number of hydrogen-bond donors (Lipinski definition) is 3. The maximum Gasteiger partial charge on any atom is 0.238 e. The lowest BCUT2D eigenvalue weighted by Crippen LogP contribution is -2.11. The lowest BCUT2D eigenvalue weighted by Gasteiger charge is -2.06. The Morgan fingerprint density at radius 1 is 1.12 bits per heavy atom. The maximum atomic E-state index is 11.3. The number of aromatic amines is 1. The van der Waals surface area contributed by atoms with E-state index in [2.05, 4.69) is 29.1 Å². The summed E-state index contributed by atoms with van der Waals surface area (Å²) >= 11 is 0. The minimum atomic E-state index is -3.75. The van der Waals surface area contributed by atoms with Crippen LogP contribution >= 0.6 is 0 Å². The third-order valence-corrected chi connectivity index (χ3v) is 4.85. The topological polar surface area (TPSA) is 121 Å². The van der Waals surface area contributed by atoms with E-state index in [0.717, 1.165) is 22.9 Å². The van der Waals surface area contributed by atoms with Gasteiger partial charge in [0.25, 0.3) is 0 Å². The molecular formula is C18H20N4O3S. The van der Waals surface area contributed by atoms with Crippen molar-refractivity contribution in [2.75, 3.05) is 0 Å². The summed E-state index contributed by atoms with van der Waals surface area (Å²) in [5.41, 5.74) is 2.69. The minimum absolute atomic E-state index is 0.00520. The van der Waals surface area contributed by atoms with Crippen LogP contribution in [0, 0.1) is 5.92 Å². The van der Waals surface area contributed by atoms with E-state index in [-0.39, 0.29) is 10.8 Å².